The number of anilines is 10. The van der Waals surface area contributed by atoms with Gasteiger partial charge in [0.2, 0.25) is 23.6 Å². The van der Waals surface area contributed by atoms with E-state index in [1.807, 2.05) is 97.1 Å². The van der Waals surface area contributed by atoms with Gasteiger partial charge in [0.25, 0.3) is 0 Å². The molecule has 0 saturated heterocycles. The average molecular weight is 1090 g/mol. The Morgan fingerprint density at radius 3 is 0.798 bits per heavy atom. The molecule has 0 aliphatic carbocycles. The molecule has 398 valence electrons. The molecule has 12 heteroatoms. The molecule has 6 heterocycles. The van der Waals surface area contributed by atoms with Gasteiger partial charge in [-0.2, -0.15) is 0 Å². The predicted molar refractivity (Wildman–Crippen MR) is 335 cm³/mol. The summed E-state index contributed by atoms with van der Waals surface area (Å²) in [6.07, 6.45) is 0. The van der Waals surface area contributed by atoms with Gasteiger partial charge in [-0.3, -0.25) is 0 Å². The lowest BCUT2D eigenvalue weighted by atomic mass is 9.80. The fourth-order valence-corrected chi connectivity index (χ4v) is 12.5. The summed E-state index contributed by atoms with van der Waals surface area (Å²) in [6.45, 7) is 0. The minimum absolute atomic E-state index is 0.300. The second-order valence-electron chi connectivity index (χ2n) is 21.0. The number of benzene rings is 11. The Balaban J connectivity index is 1.07. The molecule has 0 spiro atoms. The van der Waals surface area contributed by atoms with Crippen molar-refractivity contribution in [1.82, 2.24) is 19.9 Å². The highest BCUT2D eigenvalue weighted by Crippen LogP contribution is 2.59. The maximum absolute atomic E-state index is 7.19. The number of oxazole rings is 4. The van der Waals surface area contributed by atoms with Crippen LogP contribution >= 0.6 is 0 Å². The standard InChI is InChI=1S/C72H46N8O4/c1-77-51-29-7-11-33-55(51)79(56-34-12-8-30-52(56)77)45-23-19-21-43(41-45)63-65(69-73-47-25-3-15-37-59(47)81-69)64(44-22-20-24-46(42-44)80-57-35-13-9-31-53(57)78(2)54-32-10-14-36-58(54)80)67(71-75-49-27-5-17-39-61(49)83-71)68(72-76-50-28-6-18-40-62(50)84-72)66(63)70-74-48-26-4-16-38-60(48)82-70/h3-42H,1-2H3. The van der Waals surface area contributed by atoms with E-state index in [1.54, 1.807) is 0 Å². The Morgan fingerprint density at radius 1 is 0.250 bits per heavy atom. The van der Waals surface area contributed by atoms with Crippen LogP contribution in [-0.4, -0.2) is 34.0 Å². The number of aromatic nitrogens is 4. The van der Waals surface area contributed by atoms with Crippen molar-refractivity contribution in [2.75, 3.05) is 33.7 Å². The molecule has 2 aliphatic rings. The van der Waals surface area contributed by atoms with Crippen LogP contribution in [0.4, 0.5) is 56.9 Å². The number of fused-ring (bicyclic) bond motifs is 8. The SMILES string of the molecule is CN1c2ccccc2N(c2cccc(-c3c(-c4nc5ccccc5o4)c(-c4cccc(N5c6ccccc6N(C)c6ccccc65)c4)c(-c4nc5ccccc5o4)c(-c4nc5ccccc5o4)c3-c3nc4ccccc4o3)c2)c2ccccc21. The fraction of sp³-hybridized carbons (Fsp3) is 0.0278. The molecule has 4 aromatic heterocycles. The summed E-state index contributed by atoms with van der Waals surface area (Å²) in [5, 5.41) is 0. The van der Waals surface area contributed by atoms with E-state index < -0.39 is 0 Å². The zero-order valence-corrected chi connectivity index (χ0v) is 45.3. The summed E-state index contributed by atoms with van der Waals surface area (Å²) in [5.41, 5.74) is 20.5. The maximum Gasteiger partial charge on any atom is 0.228 e. The Bertz CT molecular complexity index is 4680. The van der Waals surface area contributed by atoms with Crippen molar-refractivity contribution in [3.63, 3.8) is 0 Å². The van der Waals surface area contributed by atoms with Gasteiger partial charge in [0.05, 0.1) is 67.8 Å². The molecule has 0 bridgehead atoms. The van der Waals surface area contributed by atoms with Crippen LogP contribution in [0.25, 0.3) is 112 Å². The monoisotopic (exact) mass is 1090 g/mol. The summed E-state index contributed by atoms with van der Waals surface area (Å²) in [6, 6.07) is 82.6. The first-order chi connectivity index (χ1) is 41.5. The van der Waals surface area contributed by atoms with Crippen LogP contribution in [0, 0.1) is 0 Å². The van der Waals surface area contributed by atoms with Crippen LogP contribution in [0.15, 0.2) is 260 Å². The minimum atomic E-state index is 0.300. The maximum atomic E-state index is 7.19. The van der Waals surface area contributed by atoms with Crippen molar-refractivity contribution in [3.8, 4) is 68.1 Å². The third-order valence-electron chi connectivity index (χ3n) is 16.3. The third-order valence-corrected chi connectivity index (χ3v) is 16.3. The number of hydrogen-bond donors (Lipinski definition) is 0. The largest absolute Gasteiger partial charge is 0.436 e. The first-order valence-corrected chi connectivity index (χ1v) is 27.8. The molecule has 11 aromatic carbocycles. The van der Waals surface area contributed by atoms with Crippen LogP contribution in [0.3, 0.4) is 0 Å². The van der Waals surface area contributed by atoms with Crippen molar-refractivity contribution in [1.29, 1.82) is 0 Å². The lowest BCUT2D eigenvalue weighted by Gasteiger charge is -2.38. The summed E-state index contributed by atoms with van der Waals surface area (Å²) >= 11 is 0. The van der Waals surface area contributed by atoms with Crippen LogP contribution < -0.4 is 19.6 Å². The van der Waals surface area contributed by atoms with Crippen LogP contribution in [0.1, 0.15) is 0 Å². The van der Waals surface area contributed by atoms with Gasteiger partial charge < -0.3 is 37.3 Å². The Kier molecular flexibility index (Phi) is 10.4. The lowest BCUT2D eigenvalue weighted by molar-refractivity contribution is 0.606. The van der Waals surface area contributed by atoms with Gasteiger partial charge in [-0.25, -0.2) is 19.9 Å². The highest BCUT2D eigenvalue weighted by molar-refractivity contribution is 6.14. The van der Waals surface area contributed by atoms with Crippen LogP contribution in [0.5, 0.6) is 0 Å². The number of hydrogen-bond acceptors (Lipinski definition) is 12. The van der Waals surface area contributed by atoms with Gasteiger partial charge in [-0.15, -0.1) is 0 Å². The van der Waals surface area contributed by atoms with Gasteiger partial charge in [0.1, 0.15) is 22.1 Å². The molecular weight excluding hydrogens is 1040 g/mol. The van der Waals surface area contributed by atoms with Crippen molar-refractivity contribution in [2.24, 2.45) is 0 Å². The zero-order valence-electron chi connectivity index (χ0n) is 45.3. The van der Waals surface area contributed by atoms with Crippen LogP contribution in [-0.2, 0) is 0 Å². The third kappa shape index (κ3) is 7.27. The summed E-state index contributed by atoms with van der Waals surface area (Å²) in [7, 11) is 4.24. The fourth-order valence-electron chi connectivity index (χ4n) is 12.5. The van der Waals surface area contributed by atoms with E-state index in [2.05, 4.69) is 179 Å². The number of para-hydroxylation sites is 16. The number of rotatable bonds is 8. The van der Waals surface area contributed by atoms with Crippen molar-refractivity contribution >= 4 is 101 Å². The summed E-state index contributed by atoms with van der Waals surface area (Å²) in [5.74, 6) is 1.27. The molecule has 84 heavy (non-hydrogen) atoms. The average Bonchev–Trinajstić information content (AvgIpc) is 2.64. The van der Waals surface area contributed by atoms with E-state index in [-0.39, 0.29) is 0 Å². The van der Waals surface area contributed by atoms with E-state index in [0.29, 0.717) is 101 Å². The Hall–Kier alpha value is -11.5. The van der Waals surface area contributed by atoms with Gasteiger partial charge in [0.15, 0.2) is 22.3 Å². The molecular formula is C72H46N8O4. The first kappa shape index (κ1) is 47.3. The molecule has 0 radical (unpaired) electrons. The van der Waals surface area contributed by atoms with E-state index in [9.17, 15) is 0 Å². The van der Waals surface area contributed by atoms with Gasteiger partial charge in [-0.05, 0) is 132 Å². The highest BCUT2D eigenvalue weighted by atomic mass is 16.4. The van der Waals surface area contributed by atoms with Crippen LogP contribution in [0.2, 0.25) is 0 Å². The summed E-state index contributed by atoms with van der Waals surface area (Å²) in [4.78, 5) is 30.8. The zero-order chi connectivity index (χ0) is 55.6. The van der Waals surface area contributed by atoms with Gasteiger partial charge in [0, 0.05) is 36.6 Å². The van der Waals surface area contributed by atoms with Gasteiger partial charge >= 0.3 is 0 Å². The molecule has 2 aliphatic heterocycles. The smallest absolute Gasteiger partial charge is 0.228 e. The van der Waals surface area contributed by atoms with E-state index in [1.165, 1.54) is 0 Å². The molecule has 0 saturated carbocycles. The number of nitrogens with zero attached hydrogens (tertiary/aromatic N) is 8. The summed E-state index contributed by atoms with van der Waals surface area (Å²) < 4.78 is 28.5. The molecule has 15 aromatic rings. The topological polar surface area (TPSA) is 117 Å². The Labute approximate surface area is 481 Å². The van der Waals surface area contributed by atoms with Crippen molar-refractivity contribution in [3.05, 3.63) is 243 Å². The highest BCUT2D eigenvalue weighted by Gasteiger charge is 2.38. The molecule has 0 N–H and O–H groups in total. The molecule has 12 nitrogen and oxygen atoms in total. The van der Waals surface area contributed by atoms with Crippen molar-refractivity contribution < 1.29 is 17.7 Å². The minimum Gasteiger partial charge on any atom is -0.436 e. The van der Waals surface area contributed by atoms with Crippen molar-refractivity contribution in [2.45, 2.75) is 0 Å². The second kappa shape index (κ2) is 18.5. The quantitative estimate of drug-likeness (QED) is 0.144. The molecule has 17 rings (SSSR count). The Morgan fingerprint density at radius 2 is 0.500 bits per heavy atom. The normalized spacial score (nSPS) is 12.8. The van der Waals surface area contributed by atoms with E-state index in [0.717, 1.165) is 68.0 Å². The van der Waals surface area contributed by atoms with E-state index in [4.69, 9.17) is 37.6 Å². The molecule has 0 atom stereocenters. The van der Waals surface area contributed by atoms with Gasteiger partial charge in [-0.1, -0.05) is 121 Å². The molecule has 0 amide bonds. The lowest BCUT2D eigenvalue weighted by Crippen LogP contribution is -2.23. The van der Waals surface area contributed by atoms with E-state index >= 15 is 0 Å². The molecule has 0 unspecified atom stereocenters. The molecule has 0 fully saturated rings. The predicted octanol–water partition coefficient (Wildman–Crippen LogP) is 19.4. The second-order valence-corrected chi connectivity index (χ2v) is 21.0. The first-order valence-electron chi connectivity index (χ1n) is 27.8.